The minimum absolute atomic E-state index is 0.0141. The van der Waals surface area contributed by atoms with Crippen molar-refractivity contribution in [3.05, 3.63) is 45.1 Å². The number of hydrogen-bond acceptors (Lipinski definition) is 7. The van der Waals surface area contributed by atoms with Gasteiger partial charge in [-0.2, -0.15) is 4.98 Å². The van der Waals surface area contributed by atoms with Crippen molar-refractivity contribution >= 4 is 23.2 Å². The highest BCUT2D eigenvalue weighted by molar-refractivity contribution is 6.31. The van der Waals surface area contributed by atoms with Crippen LogP contribution in [0.2, 0.25) is 5.02 Å². The fourth-order valence-corrected chi connectivity index (χ4v) is 1.88. The van der Waals surface area contributed by atoms with Crippen LogP contribution in [0.3, 0.4) is 0 Å². The highest BCUT2D eigenvalue weighted by atomic mass is 35.5. The van der Waals surface area contributed by atoms with Gasteiger partial charge in [0.2, 0.25) is 5.95 Å². The van der Waals surface area contributed by atoms with E-state index in [1.807, 2.05) is 6.92 Å². The van der Waals surface area contributed by atoms with Gasteiger partial charge in [-0.05, 0) is 30.2 Å². The van der Waals surface area contributed by atoms with Crippen molar-refractivity contribution in [2.24, 2.45) is 5.84 Å². The Morgan fingerprint density at radius 3 is 2.90 bits per heavy atom. The van der Waals surface area contributed by atoms with E-state index in [1.165, 1.54) is 0 Å². The molecule has 21 heavy (non-hydrogen) atoms. The van der Waals surface area contributed by atoms with Crippen molar-refractivity contribution in [3.63, 3.8) is 0 Å². The Bertz CT molecular complexity index is 680. The van der Waals surface area contributed by atoms with E-state index in [0.717, 1.165) is 11.8 Å². The highest BCUT2D eigenvalue weighted by Gasteiger charge is 2.19. The van der Waals surface area contributed by atoms with E-state index < -0.39 is 4.92 Å². The normalized spacial score (nSPS) is 10.2. The number of ether oxygens (including phenoxy) is 1. The second kappa shape index (κ2) is 6.33. The lowest BCUT2D eigenvalue weighted by atomic mass is 10.1. The molecule has 9 heteroatoms. The summed E-state index contributed by atoms with van der Waals surface area (Å²) in [4.78, 5) is 17.8. The number of hydrogen-bond donors (Lipinski definition) is 2. The molecule has 0 aliphatic heterocycles. The third-order valence-electron chi connectivity index (χ3n) is 2.67. The predicted molar refractivity (Wildman–Crippen MR) is 77.4 cm³/mol. The van der Waals surface area contributed by atoms with Crippen LogP contribution in [0.5, 0.6) is 11.6 Å². The number of halogens is 1. The van der Waals surface area contributed by atoms with Crippen LogP contribution in [0.25, 0.3) is 0 Å². The van der Waals surface area contributed by atoms with Gasteiger partial charge in [0.05, 0.1) is 4.92 Å². The first-order chi connectivity index (χ1) is 10.0. The molecule has 1 aromatic heterocycles. The molecular weight excluding hydrogens is 298 g/mol. The lowest BCUT2D eigenvalue weighted by Crippen LogP contribution is -2.11. The summed E-state index contributed by atoms with van der Waals surface area (Å²) in [6.07, 6.45) is 1.73. The van der Waals surface area contributed by atoms with Gasteiger partial charge in [0, 0.05) is 5.02 Å². The molecule has 0 bridgehead atoms. The number of aryl methyl sites for hydroxylation is 1. The van der Waals surface area contributed by atoms with Crippen molar-refractivity contribution in [1.29, 1.82) is 0 Å². The first-order valence-corrected chi connectivity index (χ1v) is 6.37. The fraction of sp³-hybridized carbons (Fsp3) is 0.167. The van der Waals surface area contributed by atoms with Crippen molar-refractivity contribution in [2.75, 3.05) is 5.43 Å². The molecule has 0 spiro atoms. The maximum atomic E-state index is 11.0. The van der Waals surface area contributed by atoms with Gasteiger partial charge in [-0.15, -0.1) is 0 Å². The maximum absolute atomic E-state index is 11.0. The Balaban J connectivity index is 2.40. The van der Waals surface area contributed by atoms with Gasteiger partial charge in [0.15, 0.2) is 0 Å². The molecule has 0 aliphatic carbocycles. The van der Waals surface area contributed by atoms with E-state index >= 15 is 0 Å². The standard InChI is InChI=1S/C12H12ClN5O3/c1-2-7-5-8(3-4-9(7)13)21-11-10(18(19)20)6-15-12(16-11)17-14/h3-6H,2,14H2,1H3,(H,15,16,17). The Hall–Kier alpha value is -2.45. The van der Waals surface area contributed by atoms with Gasteiger partial charge in [0.1, 0.15) is 11.9 Å². The van der Waals surface area contributed by atoms with E-state index in [0.29, 0.717) is 17.2 Å². The number of hydrazine groups is 1. The number of anilines is 1. The Morgan fingerprint density at radius 2 is 2.29 bits per heavy atom. The lowest BCUT2D eigenvalue weighted by Gasteiger charge is -2.08. The molecule has 0 saturated carbocycles. The molecule has 0 atom stereocenters. The van der Waals surface area contributed by atoms with Gasteiger partial charge >= 0.3 is 11.6 Å². The number of benzene rings is 1. The first-order valence-electron chi connectivity index (χ1n) is 5.99. The molecule has 0 radical (unpaired) electrons. The highest BCUT2D eigenvalue weighted by Crippen LogP contribution is 2.31. The van der Waals surface area contributed by atoms with Gasteiger partial charge in [-0.1, -0.05) is 18.5 Å². The van der Waals surface area contributed by atoms with E-state index in [-0.39, 0.29) is 17.5 Å². The van der Waals surface area contributed by atoms with E-state index in [9.17, 15) is 10.1 Å². The summed E-state index contributed by atoms with van der Waals surface area (Å²) in [6, 6.07) is 4.96. The van der Waals surface area contributed by atoms with Crippen LogP contribution in [0.1, 0.15) is 12.5 Å². The zero-order valence-corrected chi connectivity index (χ0v) is 11.8. The predicted octanol–water partition coefficient (Wildman–Crippen LogP) is 2.68. The second-order valence-corrected chi connectivity index (χ2v) is 4.40. The zero-order valence-electron chi connectivity index (χ0n) is 11.0. The minimum Gasteiger partial charge on any atom is -0.434 e. The summed E-state index contributed by atoms with van der Waals surface area (Å²) in [5.74, 6) is 5.39. The average Bonchev–Trinajstić information content (AvgIpc) is 2.48. The average molecular weight is 310 g/mol. The number of nitrogens with two attached hydrogens (primary N) is 1. The molecule has 0 amide bonds. The molecule has 3 N–H and O–H groups in total. The zero-order chi connectivity index (χ0) is 15.4. The molecule has 110 valence electrons. The molecule has 2 aromatic rings. The molecule has 0 saturated heterocycles. The monoisotopic (exact) mass is 309 g/mol. The number of aromatic nitrogens is 2. The first kappa shape index (κ1) is 14.9. The van der Waals surface area contributed by atoms with Crippen LogP contribution >= 0.6 is 11.6 Å². The second-order valence-electron chi connectivity index (χ2n) is 3.99. The van der Waals surface area contributed by atoms with E-state index in [1.54, 1.807) is 18.2 Å². The third-order valence-corrected chi connectivity index (χ3v) is 3.04. The molecule has 1 heterocycles. The number of nitrogen functional groups attached to an aromatic ring is 1. The molecule has 0 unspecified atom stereocenters. The number of nitro groups is 1. The molecule has 0 aliphatic rings. The summed E-state index contributed by atoms with van der Waals surface area (Å²) < 4.78 is 5.46. The van der Waals surface area contributed by atoms with Gasteiger partial charge < -0.3 is 4.74 Å². The minimum atomic E-state index is -0.633. The summed E-state index contributed by atoms with van der Waals surface area (Å²) in [5.41, 5.74) is 2.71. The quantitative estimate of drug-likeness (QED) is 0.495. The van der Waals surface area contributed by atoms with E-state index in [2.05, 4.69) is 15.4 Å². The van der Waals surface area contributed by atoms with Crippen LogP contribution in [0.15, 0.2) is 24.4 Å². The van der Waals surface area contributed by atoms with Gasteiger partial charge in [-0.3, -0.25) is 15.5 Å². The SMILES string of the molecule is CCc1cc(Oc2nc(NN)ncc2[N+](=O)[O-])ccc1Cl. The Morgan fingerprint density at radius 1 is 1.52 bits per heavy atom. The fourth-order valence-electron chi connectivity index (χ4n) is 1.63. The molecular formula is C12H12ClN5O3. The summed E-state index contributed by atoms with van der Waals surface area (Å²) >= 11 is 6.01. The lowest BCUT2D eigenvalue weighted by molar-refractivity contribution is -0.386. The smallest absolute Gasteiger partial charge is 0.349 e. The Labute approximate surface area is 125 Å². The summed E-state index contributed by atoms with van der Waals surface area (Å²) in [6.45, 7) is 1.94. The molecule has 1 aromatic carbocycles. The molecule has 2 rings (SSSR count). The number of nitrogens with zero attached hydrogens (tertiary/aromatic N) is 3. The van der Waals surface area contributed by atoms with Crippen molar-refractivity contribution < 1.29 is 9.66 Å². The molecule has 8 nitrogen and oxygen atoms in total. The summed E-state index contributed by atoms with van der Waals surface area (Å²) in [7, 11) is 0. The summed E-state index contributed by atoms with van der Waals surface area (Å²) in [5, 5.41) is 11.6. The van der Waals surface area contributed by atoms with Crippen molar-refractivity contribution in [2.45, 2.75) is 13.3 Å². The van der Waals surface area contributed by atoms with Crippen LogP contribution < -0.4 is 16.0 Å². The topological polar surface area (TPSA) is 116 Å². The van der Waals surface area contributed by atoms with Gasteiger partial charge in [0.25, 0.3) is 0 Å². The largest absolute Gasteiger partial charge is 0.434 e. The van der Waals surface area contributed by atoms with Gasteiger partial charge in [-0.25, -0.2) is 10.8 Å². The van der Waals surface area contributed by atoms with Crippen molar-refractivity contribution in [3.8, 4) is 11.6 Å². The Kier molecular flexibility index (Phi) is 4.51. The third kappa shape index (κ3) is 3.36. The number of rotatable bonds is 5. The maximum Gasteiger partial charge on any atom is 0.349 e. The van der Waals surface area contributed by atoms with Crippen LogP contribution in [0, 0.1) is 10.1 Å². The van der Waals surface area contributed by atoms with Crippen LogP contribution in [0.4, 0.5) is 11.6 Å². The van der Waals surface area contributed by atoms with Crippen LogP contribution in [-0.2, 0) is 6.42 Å². The number of nitrogens with one attached hydrogen (secondary N) is 1. The van der Waals surface area contributed by atoms with E-state index in [4.69, 9.17) is 22.2 Å². The van der Waals surface area contributed by atoms with Crippen LogP contribution in [-0.4, -0.2) is 14.9 Å². The van der Waals surface area contributed by atoms with Crippen molar-refractivity contribution in [1.82, 2.24) is 9.97 Å². The molecule has 0 fully saturated rings.